The van der Waals surface area contributed by atoms with Crippen molar-refractivity contribution < 1.29 is 4.74 Å². The van der Waals surface area contributed by atoms with Gasteiger partial charge in [-0.15, -0.1) is 0 Å². The largest absolute Gasteiger partial charge is 0.381 e. The van der Waals surface area contributed by atoms with Gasteiger partial charge in [0.05, 0.1) is 12.3 Å². The Bertz CT molecular complexity index is 462. The summed E-state index contributed by atoms with van der Waals surface area (Å²) in [5, 5.41) is 0. The van der Waals surface area contributed by atoms with Gasteiger partial charge in [-0.3, -0.25) is 9.88 Å². The molecule has 0 spiro atoms. The van der Waals surface area contributed by atoms with Gasteiger partial charge in [0, 0.05) is 30.8 Å². The molecule has 2 fully saturated rings. The summed E-state index contributed by atoms with van der Waals surface area (Å²) < 4.78 is 5.57. The molecular weight excluding hydrogens is 248 g/mol. The maximum absolute atomic E-state index is 5.57. The van der Waals surface area contributed by atoms with Crippen LogP contribution in [-0.4, -0.2) is 36.2 Å². The van der Waals surface area contributed by atoms with Crippen LogP contribution >= 0.6 is 0 Å². The van der Waals surface area contributed by atoms with Crippen molar-refractivity contribution in [1.29, 1.82) is 0 Å². The SMILES string of the molecule is CC(C)c1ccc([C@H]2CCOC2)c(CN(C)C2CC2)n1. The van der Waals surface area contributed by atoms with Gasteiger partial charge >= 0.3 is 0 Å². The molecule has 3 rings (SSSR count). The van der Waals surface area contributed by atoms with Gasteiger partial charge < -0.3 is 4.74 Å². The highest BCUT2D eigenvalue weighted by molar-refractivity contribution is 5.29. The zero-order valence-electron chi connectivity index (χ0n) is 12.9. The molecule has 2 aliphatic rings. The van der Waals surface area contributed by atoms with Crippen LogP contribution in [0.15, 0.2) is 12.1 Å². The lowest BCUT2D eigenvalue weighted by molar-refractivity contribution is 0.193. The molecule has 20 heavy (non-hydrogen) atoms. The molecule has 0 aromatic carbocycles. The van der Waals surface area contributed by atoms with E-state index in [2.05, 4.69) is 37.9 Å². The van der Waals surface area contributed by atoms with Crippen LogP contribution in [0.3, 0.4) is 0 Å². The Labute approximate surface area is 122 Å². The van der Waals surface area contributed by atoms with Gasteiger partial charge in [-0.05, 0) is 43.9 Å². The molecule has 0 amide bonds. The first-order valence-electron chi connectivity index (χ1n) is 7.93. The molecule has 1 aliphatic heterocycles. The lowest BCUT2D eigenvalue weighted by Gasteiger charge is -2.21. The molecule has 0 bridgehead atoms. The van der Waals surface area contributed by atoms with E-state index in [-0.39, 0.29) is 0 Å². The Hall–Kier alpha value is -0.930. The minimum atomic E-state index is 0.494. The Morgan fingerprint density at radius 1 is 1.30 bits per heavy atom. The lowest BCUT2D eigenvalue weighted by Crippen LogP contribution is -2.22. The number of hydrogen-bond donors (Lipinski definition) is 0. The van der Waals surface area contributed by atoms with Gasteiger partial charge in [-0.2, -0.15) is 0 Å². The molecule has 0 radical (unpaired) electrons. The summed E-state index contributed by atoms with van der Waals surface area (Å²) in [6.45, 7) is 7.18. The number of hydrogen-bond acceptors (Lipinski definition) is 3. The number of pyridine rings is 1. The number of nitrogens with zero attached hydrogens (tertiary/aromatic N) is 2. The van der Waals surface area contributed by atoms with Crippen molar-refractivity contribution in [3.63, 3.8) is 0 Å². The molecule has 2 heterocycles. The van der Waals surface area contributed by atoms with E-state index in [0.29, 0.717) is 11.8 Å². The molecule has 1 aliphatic carbocycles. The summed E-state index contributed by atoms with van der Waals surface area (Å²) in [6, 6.07) is 5.30. The average Bonchev–Trinajstić information content (AvgIpc) is 3.15. The smallest absolute Gasteiger partial charge is 0.0583 e. The van der Waals surface area contributed by atoms with Crippen LogP contribution in [0.25, 0.3) is 0 Å². The maximum atomic E-state index is 5.57. The highest BCUT2D eigenvalue weighted by atomic mass is 16.5. The number of rotatable bonds is 5. The number of aromatic nitrogens is 1. The summed E-state index contributed by atoms with van der Waals surface area (Å²) in [6.07, 6.45) is 3.84. The summed E-state index contributed by atoms with van der Waals surface area (Å²) in [5.41, 5.74) is 3.91. The zero-order chi connectivity index (χ0) is 14.1. The van der Waals surface area contributed by atoms with Crippen molar-refractivity contribution in [1.82, 2.24) is 9.88 Å². The van der Waals surface area contributed by atoms with Crippen molar-refractivity contribution in [3.8, 4) is 0 Å². The second kappa shape index (κ2) is 5.82. The maximum Gasteiger partial charge on any atom is 0.0583 e. The van der Waals surface area contributed by atoms with E-state index < -0.39 is 0 Å². The van der Waals surface area contributed by atoms with Crippen LogP contribution in [0.2, 0.25) is 0 Å². The van der Waals surface area contributed by atoms with E-state index in [0.717, 1.165) is 32.2 Å². The Morgan fingerprint density at radius 3 is 2.70 bits per heavy atom. The average molecular weight is 274 g/mol. The summed E-state index contributed by atoms with van der Waals surface area (Å²) >= 11 is 0. The van der Waals surface area contributed by atoms with Crippen LogP contribution in [0.4, 0.5) is 0 Å². The van der Waals surface area contributed by atoms with Crippen LogP contribution in [0.5, 0.6) is 0 Å². The van der Waals surface area contributed by atoms with Crippen molar-refractivity contribution in [2.45, 2.75) is 57.5 Å². The summed E-state index contributed by atoms with van der Waals surface area (Å²) in [4.78, 5) is 7.43. The molecule has 0 N–H and O–H groups in total. The standard InChI is InChI=1S/C17H26N2O/c1-12(2)16-7-6-15(13-8-9-20-11-13)17(18-16)10-19(3)14-4-5-14/h6-7,12-14H,4-5,8-11H2,1-3H3/t13-/m0/s1. The molecular formula is C17H26N2O. The van der Waals surface area contributed by atoms with Gasteiger partial charge in [0.2, 0.25) is 0 Å². The molecule has 0 unspecified atom stereocenters. The first-order chi connectivity index (χ1) is 9.65. The summed E-state index contributed by atoms with van der Waals surface area (Å²) in [5.74, 6) is 1.04. The molecule has 110 valence electrons. The van der Waals surface area contributed by atoms with Crippen LogP contribution in [0.1, 0.15) is 61.9 Å². The first-order valence-corrected chi connectivity index (χ1v) is 7.93. The fraction of sp³-hybridized carbons (Fsp3) is 0.706. The first kappa shape index (κ1) is 14.0. The van der Waals surface area contributed by atoms with Gasteiger partial charge in [0.25, 0.3) is 0 Å². The Morgan fingerprint density at radius 2 is 2.10 bits per heavy atom. The number of ether oxygens (including phenoxy) is 1. The molecule has 1 saturated carbocycles. The Balaban J connectivity index is 1.86. The second-order valence-corrected chi connectivity index (χ2v) is 6.63. The quantitative estimate of drug-likeness (QED) is 0.823. The third-order valence-corrected chi connectivity index (χ3v) is 4.56. The van der Waals surface area contributed by atoms with E-state index in [1.807, 2.05) is 0 Å². The van der Waals surface area contributed by atoms with Crippen molar-refractivity contribution in [3.05, 3.63) is 29.1 Å². The molecule has 1 atom stereocenters. The van der Waals surface area contributed by atoms with Gasteiger partial charge in [-0.25, -0.2) is 0 Å². The van der Waals surface area contributed by atoms with Crippen LogP contribution in [0, 0.1) is 0 Å². The fourth-order valence-corrected chi connectivity index (χ4v) is 3.01. The van der Waals surface area contributed by atoms with E-state index >= 15 is 0 Å². The van der Waals surface area contributed by atoms with Gasteiger partial charge in [0.15, 0.2) is 0 Å². The van der Waals surface area contributed by atoms with E-state index in [1.165, 1.54) is 29.8 Å². The van der Waals surface area contributed by atoms with Crippen molar-refractivity contribution >= 4 is 0 Å². The van der Waals surface area contributed by atoms with E-state index in [1.54, 1.807) is 0 Å². The second-order valence-electron chi connectivity index (χ2n) is 6.63. The summed E-state index contributed by atoms with van der Waals surface area (Å²) in [7, 11) is 2.23. The molecule has 1 saturated heterocycles. The highest BCUT2D eigenvalue weighted by Crippen LogP contribution is 2.31. The van der Waals surface area contributed by atoms with Gasteiger partial charge in [-0.1, -0.05) is 19.9 Å². The lowest BCUT2D eigenvalue weighted by atomic mass is 9.95. The topological polar surface area (TPSA) is 25.4 Å². The highest BCUT2D eigenvalue weighted by Gasteiger charge is 2.28. The predicted octanol–water partition coefficient (Wildman–Crippen LogP) is 3.30. The van der Waals surface area contributed by atoms with Crippen molar-refractivity contribution in [2.24, 2.45) is 0 Å². The molecule has 1 aromatic rings. The Kier molecular flexibility index (Phi) is 4.08. The van der Waals surface area contributed by atoms with E-state index in [4.69, 9.17) is 9.72 Å². The monoisotopic (exact) mass is 274 g/mol. The molecule has 3 heteroatoms. The van der Waals surface area contributed by atoms with Gasteiger partial charge in [0.1, 0.15) is 0 Å². The van der Waals surface area contributed by atoms with E-state index in [9.17, 15) is 0 Å². The fourth-order valence-electron chi connectivity index (χ4n) is 3.01. The van der Waals surface area contributed by atoms with Crippen molar-refractivity contribution in [2.75, 3.05) is 20.3 Å². The van der Waals surface area contributed by atoms with Crippen LogP contribution in [-0.2, 0) is 11.3 Å². The predicted molar refractivity (Wildman–Crippen MR) is 81.0 cm³/mol. The molecule has 3 nitrogen and oxygen atoms in total. The minimum Gasteiger partial charge on any atom is -0.381 e. The zero-order valence-corrected chi connectivity index (χ0v) is 12.9. The molecule has 1 aromatic heterocycles. The third-order valence-electron chi connectivity index (χ3n) is 4.56. The normalized spacial score (nSPS) is 22.9. The van der Waals surface area contributed by atoms with Crippen LogP contribution < -0.4 is 0 Å². The third kappa shape index (κ3) is 3.04. The minimum absolute atomic E-state index is 0.494.